The Balaban J connectivity index is 1.37. The van der Waals surface area contributed by atoms with E-state index in [0.29, 0.717) is 42.7 Å². The molecule has 2 aliphatic rings. The summed E-state index contributed by atoms with van der Waals surface area (Å²) in [6, 6.07) is 11.8. The van der Waals surface area contributed by atoms with Gasteiger partial charge in [-0.2, -0.15) is 0 Å². The van der Waals surface area contributed by atoms with Crippen molar-refractivity contribution in [2.24, 2.45) is 0 Å². The largest absolute Gasteiger partial charge is 0.497 e. The Morgan fingerprint density at radius 2 is 1.86 bits per heavy atom. The summed E-state index contributed by atoms with van der Waals surface area (Å²) in [6.45, 7) is 1.40. The molecule has 4 rings (SSSR count). The normalized spacial score (nSPS) is 18.0. The Kier molecular flexibility index (Phi) is 4.92. The van der Waals surface area contributed by atoms with Gasteiger partial charge in [0.2, 0.25) is 5.91 Å². The van der Waals surface area contributed by atoms with Gasteiger partial charge in [0.05, 0.1) is 13.2 Å². The second kappa shape index (κ2) is 7.67. The molecule has 2 N–H and O–H groups in total. The van der Waals surface area contributed by atoms with Crippen molar-refractivity contribution >= 4 is 23.3 Å². The SMILES string of the molecule is COc1ccc(NC(=O)NC2CC(=O)N(c3ccc4c(c3)OCCO4)C2)cc1. The maximum Gasteiger partial charge on any atom is 0.319 e. The van der Waals surface area contributed by atoms with Crippen LogP contribution in [0.4, 0.5) is 16.2 Å². The fourth-order valence-electron chi connectivity index (χ4n) is 3.28. The second-order valence-electron chi connectivity index (χ2n) is 6.56. The number of carbonyl (C=O) groups is 2. The van der Waals surface area contributed by atoms with E-state index in [0.717, 1.165) is 5.69 Å². The van der Waals surface area contributed by atoms with Crippen molar-refractivity contribution in [1.82, 2.24) is 5.32 Å². The molecule has 2 aromatic carbocycles. The zero-order valence-electron chi connectivity index (χ0n) is 15.4. The van der Waals surface area contributed by atoms with E-state index in [9.17, 15) is 9.59 Å². The van der Waals surface area contributed by atoms with Crippen LogP contribution in [0.3, 0.4) is 0 Å². The molecule has 0 aliphatic carbocycles. The fraction of sp³-hybridized carbons (Fsp3) is 0.300. The lowest BCUT2D eigenvalue weighted by Gasteiger charge is -2.22. The maximum absolute atomic E-state index is 12.4. The standard InChI is InChI=1S/C20H21N3O5/c1-26-16-5-2-13(3-6-16)21-20(25)22-14-10-19(24)23(12-14)15-4-7-17-18(11-15)28-9-8-27-17/h2-7,11,14H,8-10,12H2,1H3,(H2,21,22,25). The van der Waals surface area contributed by atoms with Crippen molar-refractivity contribution in [2.45, 2.75) is 12.5 Å². The summed E-state index contributed by atoms with van der Waals surface area (Å²) in [4.78, 5) is 26.3. The minimum atomic E-state index is -0.355. The molecule has 0 bridgehead atoms. The number of rotatable bonds is 4. The summed E-state index contributed by atoms with van der Waals surface area (Å²) < 4.78 is 16.2. The first-order valence-corrected chi connectivity index (χ1v) is 9.04. The van der Waals surface area contributed by atoms with Gasteiger partial charge in [-0.3, -0.25) is 4.79 Å². The van der Waals surface area contributed by atoms with Crippen molar-refractivity contribution in [3.8, 4) is 17.2 Å². The number of nitrogens with zero attached hydrogens (tertiary/aromatic N) is 1. The molecule has 28 heavy (non-hydrogen) atoms. The van der Waals surface area contributed by atoms with Crippen molar-refractivity contribution in [1.29, 1.82) is 0 Å². The summed E-state index contributed by atoms with van der Waals surface area (Å²) >= 11 is 0. The van der Waals surface area contributed by atoms with Gasteiger partial charge < -0.3 is 29.7 Å². The van der Waals surface area contributed by atoms with Crippen LogP contribution in [0.5, 0.6) is 17.2 Å². The molecule has 1 fully saturated rings. The number of fused-ring (bicyclic) bond motifs is 1. The van der Waals surface area contributed by atoms with Crippen LogP contribution in [0.25, 0.3) is 0 Å². The highest BCUT2D eigenvalue weighted by atomic mass is 16.6. The number of amides is 3. The van der Waals surface area contributed by atoms with E-state index >= 15 is 0 Å². The number of methoxy groups -OCH3 is 1. The quantitative estimate of drug-likeness (QED) is 0.846. The number of ether oxygens (including phenoxy) is 3. The van der Waals surface area contributed by atoms with E-state index in [1.807, 2.05) is 6.07 Å². The third kappa shape index (κ3) is 3.80. The summed E-state index contributed by atoms with van der Waals surface area (Å²) in [5.41, 5.74) is 1.38. The van der Waals surface area contributed by atoms with Gasteiger partial charge in [0, 0.05) is 30.4 Å². The second-order valence-corrected chi connectivity index (χ2v) is 6.56. The summed E-state index contributed by atoms with van der Waals surface area (Å²) in [6.07, 6.45) is 0.241. The minimum absolute atomic E-state index is 0.0496. The van der Waals surface area contributed by atoms with Crippen molar-refractivity contribution in [3.05, 3.63) is 42.5 Å². The molecule has 0 radical (unpaired) electrons. The molecule has 2 heterocycles. The number of hydrogen-bond donors (Lipinski definition) is 2. The van der Waals surface area contributed by atoms with Gasteiger partial charge in [0.25, 0.3) is 0 Å². The third-order valence-electron chi connectivity index (χ3n) is 4.65. The van der Waals surface area contributed by atoms with Gasteiger partial charge in [-0.1, -0.05) is 0 Å². The maximum atomic E-state index is 12.4. The van der Waals surface area contributed by atoms with E-state index in [-0.39, 0.29) is 24.4 Å². The van der Waals surface area contributed by atoms with Gasteiger partial charge in [-0.25, -0.2) is 4.79 Å². The highest BCUT2D eigenvalue weighted by molar-refractivity contribution is 5.98. The lowest BCUT2D eigenvalue weighted by Crippen LogP contribution is -2.39. The van der Waals surface area contributed by atoms with Gasteiger partial charge in [0.1, 0.15) is 19.0 Å². The molecule has 2 aliphatic heterocycles. The summed E-state index contributed by atoms with van der Waals surface area (Å²) in [5, 5.41) is 5.61. The molecule has 146 valence electrons. The molecule has 0 spiro atoms. The number of benzene rings is 2. The van der Waals surface area contributed by atoms with Gasteiger partial charge in [-0.05, 0) is 36.4 Å². The highest BCUT2D eigenvalue weighted by Gasteiger charge is 2.32. The first kappa shape index (κ1) is 18.0. The molecule has 8 heteroatoms. The van der Waals surface area contributed by atoms with E-state index < -0.39 is 0 Å². The zero-order valence-corrected chi connectivity index (χ0v) is 15.4. The predicted molar refractivity (Wildman–Crippen MR) is 103 cm³/mol. The molecule has 1 saturated heterocycles. The predicted octanol–water partition coefficient (Wildman–Crippen LogP) is 2.39. The van der Waals surface area contributed by atoms with Crippen LogP contribution in [0.15, 0.2) is 42.5 Å². The molecule has 0 aromatic heterocycles. The molecule has 8 nitrogen and oxygen atoms in total. The number of urea groups is 1. The minimum Gasteiger partial charge on any atom is -0.497 e. The van der Waals surface area contributed by atoms with E-state index in [1.54, 1.807) is 48.4 Å². The molecule has 0 saturated carbocycles. The van der Waals surface area contributed by atoms with Gasteiger partial charge in [0.15, 0.2) is 11.5 Å². The van der Waals surface area contributed by atoms with Crippen LogP contribution >= 0.6 is 0 Å². The number of hydrogen-bond acceptors (Lipinski definition) is 5. The topological polar surface area (TPSA) is 89.1 Å². The number of nitrogens with one attached hydrogen (secondary N) is 2. The Morgan fingerprint density at radius 3 is 2.61 bits per heavy atom. The molecule has 1 atom stereocenters. The van der Waals surface area contributed by atoms with Crippen LogP contribution in [-0.4, -0.2) is 44.8 Å². The smallest absolute Gasteiger partial charge is 0.319 e. The zero-order chi connectivity index (χ0) is 19.5. The average molecular weight is 383 g/mol. The Bertz CT molecular complexity index is 884. The van der Waals surface area contributed by atoms with Crippen molar-refractivity contribution in [2.75, 3.05) is 37.1 Å². The fourth-order valence-corrected chi connectivity index (χ4v) is 3.28. The monoisotopic (exact) mass is 383 g/mol. The van der Waals surface area contributed by atoms with Crippen LogP contribution in [0, 0.1) is 0 Å². The Morgan fingerprint density at radius 1 is 1.11 bits per heavy atom. The average Bonchev–Trinajstić information content (AvgIpc) is 3.08. The molecular formula is C20H21N3O5. The van der Waals surface area contributed by atoms with Gasteiger partial charge in [-0.15, -0.1) is 0 Å². The van der Waals surface area contributed by atoms with Gasteiger partial charge >= 0.3 is 6.03 Å². The lowest BCUT2D eigenvalue weighted by molar-refractivity contribution is -0.117. The Labute approximate surface area is 162 Å². The summed E-state index contributed by atoms with van der Waals surface area (Å²) in [7, 11) is 1.58. The number of anilines is 2. The van der Waals surface area contributed by atoms with E-state index in [4.69, 9.17) is 14.2 Å². The summed E-state index contributed by atoms with van der Waals surface area (Å²) in [5.74, 6) is 1.97. The van der Waals surface area contributed by atoms with Crippen molar-refractivity contribution < 1.29 is 23.8 Å². The first-order chi connectivity index (χ1) is 13.6. The molecule has 1 unspecified atom stereocenters. The van der Waals surface area contributed by atoms with Crippen LogP contribution in [-0.2, 0) is 4.79 Å². The van der Waals surface area contributed by atoms with Crippen LogP contribution in [0.2, 0.25) is 0 Å². The lowest BCUT2D eigenvalue weighted by atomic mass is 10.2. The van der Waals surface area contributed by atoms with E-state index in [2.05, 4.69) is 10.6 Å². The molecular weight excluding hydrogens is 362 g/mol. The first-order valence-electron chi connectivity index (χ1n) is 9.04. The van der Waals surface area contributed by atoms with Crippen LogP contribution in [0.1, 0.15) is 6.42 Å². The third-order valence-corrected chi connectivity index (χ3v) is 4.65. The number of carbonyl (C=O) groups excluding carboxylic acids is 2. The van der Waals surface area contributed by atoms with Crippen LogP contribution < -0.4 is 29.7 Å². The van der Waals surface area contributed by atoms with E-state index in [1.165, 1.54) is 0 Å². The highest BCUT2D eigenvalue weighted by Crippen LogP contribution is 2.35. The Hall–Kier alpha value is -3.42. The molecule has 2 aromatic rings. The van der Waals surface area contributed by atoms with Crippen molar-refractivity contribution in [3.63, 3.8) is 0 Å². The molecule has 3 amide bonds.